The summed E-state index contributed by atoms with van der Waals surface area (Å²) in [4.78, 5) is 14.7. The van der Waals surface area contributed by atoms with Crippen LogP contribution in [0.25, 0.3) is 5.69 Å². The van der Waals surface area contributed by atoms with Crippen LogP contribution in [-0.2, 0) is 0 Å². The highest BCUT2D eigenvalue weighted by Crippen LogP contribution is 2.25. The lowest BCUT2D eigenvalue weighted by Gasteiger charge is -2.25. The van der Waals surface area contributed by atoms with Crippen molar-refractivity contribution in [1.29, 1.82) is 0 Å². The van der Waals surface area contributed by atoms with Gasteiger partial charge in [-0.05, 0) is 51.3 Å². The number of carbonyl (C=O) groups is 1. The number of aliphatic hydroxyl groups is 1. The smallest absolute Gasteiger partial charge is 0.276 e. The standard InChI is InChI=1S/C17H21ClN4O2/c1-11(23)9-14-7-4-8-21(14)17(24)16-12(2)22(20-19-16)15-6-3-5-13(18)10-15/h3,5-6,10-11,14,23H,4,7-9H2,1-2H3. The Balaban J connectivity index is 1.86. The van der Waals surface area contributed by atoms with Crippen molar-refractivity contribution in [3.63, 3.8) is 0 Å². The number of nitrogens with zero attached hydrogens (tertiary/aromatic N) is 4. The molecule has 1 aliphatic heterocycles. The van der Waals surface area contributed by atoms with Crippen LogP contribution in [0.1, 0.15) is 42.4 Å². The first-order chi connectivity index (χ1) is 11.5. The molecule has 0 spiro atoms. The number of carbonyl (C=O) groups excluding carboxylic acids is 1. The summed E-state index contributed by atoms with van der Waals surface area (Å²) in [5.41, 5.74) is 1.81. The van der Waals surface area contributed by atoms with Gasteiger partial charge in [0.1, 0.15) is 0 Å². The van der Waals surface area contributed by atoms with E-state index in [0.29, 0.717) is 29.4 Å². The van der Waals surface area contributed by atoms with Gasteiger partial charge in [-0.25, -0.2) is 4.68 Å². The second kappa shape index (κ2) is 6.91. The van der Waals surface area contributed by atoms with Crippen LogP contribution in [0.2, 0.25) is 5.02 Å². The molecule has 1 fully saturated rings. The average molecular weight is 349 g/mol. The molecule has 7 heteroatoms. The Kier molecular flexibility index (Phi) is 4.87. The molecule has 1 saturated heterocycles. The van der Waals surface area contributed by atoms with Crippen molar-refractivity contribution >= 4 is 17.5 Å². The molecular weight excluding hydrogens is 328 g/mol. The Morgan fingerprint density at radius 2 is 2.29 bits per heavy atom. The zero-order chi connectivity index (χ0) is 17.3. The minimum Gasteiger partial charge on any atom is -0.393 e. The number of likely N-dealkylation sites (tertiary alicyclic amines) is 1. The number of amides is 1. The van der Waals surface area contributed by atoms with Crippen LogP contribution in [0, 0.1) is 6.92 Å². The summed E-state index contributed by atoms with van der Waals surface area (Å²) in [5.74, 6) is -0.121. The quantitative estimate of drug-likeness (QED) is 0.921. The van der Waals surface area contributed by atoms with Gasteiger partial charge >= 0.3 is 0 Å². The lowest BCUT2D eigenvalue weighted by molar-refractivity contribution is 0.0675. The Labute approximate surface area is 146 Å². The molecule has 1 aromatic heterocycles. The molecule has 6 nitrogen and oxygen atoms in total. The molecule has 1 N–H and O–H groups in total. The van der Waals surface area contributed by atoms with Gasteiger partial charge in [0.05, 0.1) is 17.5 Å². The summed E-state index contributed by atoms with van der Waals surface area (Å²) in [6, 6.07) is 7.33. The number of hydrogen-bond acceptors (Lipinski definition) is 4. The number of aromatic nitrogens is 3. The van der Waals surface area contributed by atoms with Gasteiger partial charge in [0.25, 0.3) is 5.91 Å². The summed E-state index contributed by atoms with van der Waals surface area (Å²) in [6.45, 7) is 4.27. The van der Waals surface area contributed by atoms with Crippen molar-refractivity contribution < 1.29 is 9.90 Å². The molecule has 0 radical (unpaired) electrons. The number of aliphatic hydroxyl groups excluding tert-OH is 1. The number of hydrogen-bond donors (Lipinski definition) is 1. The Hall–Kier alpha value is -1.92. The molecule has 2 unspecified atom stereocenters. The van der Waals surface area contributed by atoms with E-state index < -0.39 is 6.10 Å². The molecule has 2 atom stereocenters. The first-order valence-corrected chi connectivity index (χ1v) is 8.52. The zero-order valence-corrected chi connectivity index (χ0v) is 14.6. The van der Waals surface area contributed by atoms with Gasteiger partial charge in [-0.3, -0.25) is 4.79 Å². The van der Waals surface area contributed by atoms with E-state index in [4.69, 9.17) is 11.6 Å². The van der Waals surface area contributed by atoms with Crippen LogP contribution < -0.4 is 0 Å². The van der Waals surface area contributed by atoms with Crippen molar-refractivity contribution in [3.05, 3.63) is 40.7 Å². The summed E-state index contributed by atoms with van der Waals surface area (Å²) in [5, 5.41) is 18.4. The normalized spacial score (nSPS) is 18.8. The van der Waals surface area contributed by atoms with Crippen molar-refractivity contribution in [2.45, 2.75) is 45.3 Å². The van der Waals surface area contributed by atoms with Crippen molar-refractivity contribution in [2.75, 3.05) is 6.54 Å². The fourth-order valence-electron chi connectivity index (χ4n) is 3.26. The van der Waals surface area contributed by atoms with E-state index in [0.717, 1.165) is 18.5 Å². The molecule has 1 amide bonds. The molecule has 0 bridgehead atoms. The third-order valence-electron chi connectivity index (χ3n) is 4.40. The van der Waals surface area contributed by atoms with E-state index in [2.05, 4.69) is 10.3 Å². The Morgan fingerprint density at radius 3 is 3.00 bits per heavy atom. The van der Waals surface area contributed by atoms with Crippen LogP contribution in [0.4, 0.5) is 0 Å². The van der Waals surface area contributed by atoms with Crippen LogP contribution >= 0.6 is 11.6 Å². The SMILES string of the molecule is Cc1c(C(=O)N2CCCC2CC(C)O)nnn1-c1cccc(Cl)c1. The lowest BCUT2D eigenvalue weighted by Crippen LogP contribution is -2.37. The summed E-state index contributed by atoms with van der Waals surface area (Å²) < 4.78 is 1.62. The minimum atomic E-state index is -0.424. The van der Waals surface area contributed by atoms with E-state index in [1.165, 1.54) is 0 Å². The predicted octanol–water partition coefficient (Wildman–Crippen LogP) is 2.60. The maximum absolute atomic E-state index is 12.9. The van der Waals surface area contributed by atoms with Gasteiger partial charge in [-0.15, -0.1) is 5.10 Å². The third-order valence-corrected chi connectivity index (χ3v) is 4.64. The molecular formula is C17H21ClN4O2. The number of benzene rings is 1. The van der Waals surface area contributed by atoms with Gasteiger partial charge in [0, 0.05) is 17.6 Å². The largest absolute Gasteiger partial charge is 0.393 e. The first-order valence-electron chi connectivity index (χ1n) is 8.14. The molecule has 0 saturated carbocycles. The highest BCUT2D eigenvalue weighted by atomic mass is 35.5. The molecule has 3 rings (SSSR count). The van der Waals surface area contributed by atoms with Crippen LogP contribution in [0.5, 0.6) is 0 Å². The maximum Gasteiger partial charge on any atom is 0.276 e. The number of halogens is 1. The molecule has 24 heavy (non-hydrogen) atoms. The van der Waals surface area contributed by atoms with Crippen LogP contribution in [0.15, 0.2) is 24.3 Å². The lowest BCUT2D eigenvalue weighted by atomic mass is 10.1. The minimum absolute atomic E-state index is 0.0632. The zero-order valence-electron chi connectivity index (χ0n) is 13.8. The van der Waals surface area contributed by atoms with Crippen molar-refractivity contribution in [2.24, 2.45) is 0 Å². The maximum atomic E-state index is 12.9. The highest BCUT2D eigenvalue weighted by Gasteiger charge is 2.32. The molecule has 2 heterocycles. The highest BCUT2D eigenvalue weighted by molar-refractivity contribution is 6.30. The fraction of sp³-hybridized carbons (Fsp3) is 0.471. The van der Waals surface area contributed by atoms with Gasteiger partial charge in [0.2, 0.25) is 0 Å². The molecule has 128 valence electrons. The monoisotopic (exact) mass is 348 g/mol. The van der Waals surface area contributed by atoms with E-state index >= 15 is 0 Å². The average Bonchev–Trinajstić information content (AvgIpc) is 3.13. The summed E-state index contributed by atoms with van der Waals surface area (Å²) >= 11 is 6.03. The second-order valence-corrected chi connectivity index (χ2v) is 6.73. The Morgan fingerprint density at radius 1 is 1.50 bits per heavy atom. The second-order valence-electron chi connectivity index (χ2n) is 6.29. The van der Waals surface area contributed by atoms with E-state index in [1.807, 2.05) is 24.0 Å². The first kappa shape index (κ1) is 16.9. The van der Waals surface area contributed by atoms with E-state index in [9.17, 15) is 9.90 Å². The third kappa shape index (κ3) is 3.30. The molecule has 2 aromatic rings. The van der Waals surface area contributed by atoms with Gasteiger partial charge in [-0.2, -0.15) is 0 Å². The topological polar surface area (TPSA) is 71.2 Å². The molecule has 0 aliphatic carbocycles. The van der Waals surface area contributed by atoms with Crippen LogP contribution in [0.3, 0.4) is 0 Å². The fourth-order valence-corrected chi connectivity index (χ4v) is 3.44. The van der Waals surface area contributed by atoms with Crippen LogP contribution in [-0.4, -0.2) is 49.6 Å². The van der Waals surface area contributed by atoms with Crippen molar-refractivity contribution in [1.82, 2.24) is 19.9 Å². The van der Waals surface area contributed by atoms with E-state index in [-0.39, 0.29) is 11.9 Å². The van der Waals surface area contributed by atoms with E-state index in [1.54, 1.807) is 23.7 Å². The van der Waals surface area contributed by atoms with Gasteiger partial charge < -0.3 is 10.0 Å². The summed E-state index contributed by atoms with van der Waals surface area (Å²) in [7, 11) is 0. The predicted molar refractivity (Wildman–Crippen MR) is 91.5 cm³/mol. The van der Waals surface area contributed by atoms with Crippen molar-refractivity contribution in [3.8, 4) is 5.69 Å². The van der Waals surface area contributed by atoms with Gasteiger partial charge in [0.15, 0.2) is 5.69 Å². The van der Waals surface area contributed by atoms with Gasteiger partial charge in [-0.1, -0.05) is 22.9 Å². The Bertz CT molecular complexity index is 744. The molecule has 1 aliphatic rings. The number of rotatable bonds is 4. The summed E-state index contributed by atoms with van der Waals surface area (Å²) in [6.07, 6.45) is 2.03. The molecule has 1 aromatic carbocycles.